The summed E-state index contributed by atoms with van der Waals surface area (Å²) in [7, 11) is 0. The first-order valence-electron chi connectivity index (χ1n) is 10.4. The quantitative estimate of drug-likeness (QED) is 0.461. The van der Waals surface area contributed by atoms with E-state index in [1.165, 1.54) is 24.4 Å². The van der Waals surface area contributed by atoms with Crippen LogP contribution in [-0.2, 0) is 6.54 Å². The third-order valence-corrected chi connectivity index (χ3v) is 5.46. The van der Waals surface area contributed by atoms with Crippen LogP contribution < -0.4 is 15.4 Å². The number of aromatic nitrogens is 4. The van der Waals surface area contributed by atoms with Crippen molar-refractivity contribution in [3.8, 4) is 17.0 Å². The lowest BCUT2D eigenvalue weighted by atomic mass is 10.0. The Bertz CT molecular complexity index is 1370. The second kappa shape index (κ2) is 8.12. The summed E-state index contributed by atoms with van der Waals surface area (Å²) in [5.41, 5.74) is 3.24. The molecule has 1 aliphatic rings. The Morgan fingerprint density at radius 2 is 1.91 bits per heavy atom. The van der Waals surface area contributed by atoms with Gasteiger partial charge in [0.25, 0.3) is 5.91 Å². The molecule has 0 fully saturated rings. The van der Waals surface area contributed by atoms with Crippen molar-refractivity contribution in [2.45, 2.75) is 26.5 Å². The van der Waals surface area contributed by atoms with Crippen LogP contribution in [0.5, 0.6) is 5.88 Å². The number of ether oxygens (including phenoxy) is 1. The van der Waals surface area contributed by atoms with Crippen molar-refractivity contribution in [3.63, 3.8) is 0 Å². The second-order valence-electron chi connectivity index (χ2n) is 7.83. The predicted molar refractivity (Wildman–Crippen MR) is 117 cm³/mol. The van der Waals surface area contributed by atoms with E-state index in [-0.39, 0.29) is 30.7 Å². The smallest absolute Gasteiger partial charge is 0.256 e. The molecule has 0 unspecified atom stereocenters. The van der Waals surface area contributed by atoms with E-state index in [1.807, 2.05) is 6.92 Å². The lowest BCUT2D eigenvalue weighted by Crippen LogP contribution is -2.33. The number of halogens is 2. The average molecular weight is 450 g/mol. The van der Waals surface area contributed by atoms with Gasteiger partial charge >= 0.3 is 0 Å². The van der Waals surface area contributed by atoms with E-state index in [0.717, 1.165) is 6.20 Å². The number of rotatable bonds is 1. The molecule has 8 nitrogen and oxygen atoms in total. The monoisotopic (exact) mass is 450 g/mol. The van der Waals surface area contributed by atoms with E-state index >= 15 is 0 Å². The topological polar surface area (TPSA) is 93.4 Å². The Labute approximate surface area is 187 Å². The number of carbonyl (C=O) groups is 1. The predicted octanol–water partition coefficient (Wildman–Crippen LogP) is 3.50. The number of fused-ring (bicyclic) bond motifs is 2. The fraction of sp³-hybridized carbons (Fsp3) is 0.217. The van der Waals surface area contributed by atoms with Crippen LogP contribution in [0.25, 0.3) is 16.8 Å². The first-order valence-corrected chi connectivity index (χ1v) is 10.4. The molecule has 1 amide bonds. The summed E-state index contributed by atoms with van der Waals surface area (Å²) in [4.78, 5) is 21.6. The number of aryl methyl sites for hydroxylation is 1. The molecule has 1 aliphatic heterocycles. The molecule has 0 saturated heterocycles. The Kier molecular flexibility index (Phi) is 5.12. The van der Waals surface area contributed by atoms with Crippen LogP contribution in [0.3, 0.4) is 0 Å². The van der Waals surface area contributed by atoms with Gasteiger partial charge in [-0.25, -0.2) is 23.3 Å². The normalized spacial score (nSPS) is 16.1. The molecule has 1 atom stereocenters. The number of hydrogen-bond donors (Lipinski definition) is 2. The molecule has 0 saturated carbocycles. The van der Waals surface area contributed by atoms with Gasteiger partial charge in [-0.3, -0.25) is 4.79 Å². The SMILES string of the molecule is Cc1c(-c2ccc(F)cc2)c2nc3c(cnn13)C(=O)NC[C@H](C)Oc1ncc(F)cc1CN2. The molecule has 2 bridgehead atoms. The highest BCUT2D eigenvalue weighted by molar-refractivity contribution is 6.00. The largest absolute Gasteiger partial charge is 0.473 e. The zero-order chi connectivity index (χ0) is 23.1. The van der Waals surface area contributed by atoms with Crippen LogP contribution in [0.15, 0.2) is 42.7 Å². The molecular weight excluding hydrogens is 430 g/mol. The number of pyridine rings is 1. The molecule has 3 aromatic heterocycles. The Balaban J connectivity index is 1.71. The van der Waals surface area contributed by atoms with Gasteiger partial charge in [0.2, 0.25) is 5.88 Å². The molecule has 168 valence electrons. The molecule has 0 spiro atoms. The maximum Gasteiger partial charge on any atom is 0.256 e. The maximum absolute atomic E-state index is 14.0. The van der Waals surface area contributed by atoms with Crippen LogP contribution in [0.1, 0.15) is 28.5 Å². The molecule has 0 radical (unpaired) electrons. The molecule has 4 heterocycles. The Hall–Kier alpha value is -4.08. The highest BCUT2D eigenvalue weighted by Crippen LogP contribution is 2.32. The highest BCUT2D eigenvalue weighted by Gasteiger charge is 2.22. The van der Waals surface area contributed by atoms with Crippen molar-refractivity contribution in [2.24, 2.45) is 0 Å². The Morgan fingerprint density at radius 3 is 2.70 bits per heavy atom. The standard InChI is InChI=1S/C23H20F2N6O2/c1-12-8-27-22(32)18-11-29-31-13(2)19(14-3-5-16(24)6-4-14)20(30-21(18)31)26-9-15-7-17(25)10-28-23(15)33-12/h3-7,10-12H,8-9H2,1-2H3,(H,26,30)(H,27,32)/t12-/m0/s1. The average Bonchev–Trinajstić information content (AvgIpc) is 3.22. The maximum atomic E-state index is 14.0. The van der Waals surface area contributed by atoms with Gasteiger partial charge in [-0.05, 0) is 37.6 Å². The van der Waals surface area contributed by atoms with Gasteiger partial charge in [-0.15, -0.1) is 0 Å². The summed E-state index contributed by atoms with van der Waals surface area (Å²) in [6, 6.07) is 7.34. The van der Waals surface area contributed by atoms with Crippen LogP contribution in [0.2, 0.25) is 0 Å². The first kappa shape index (κ1) is 20.8. The third kappa shape index (κ3) is 3.84. The fourth-order valence-corrected chi connectivity index (χ4v) is 3.83. The van der Waals surface area contributed by atoms with Crippen molar-refractivity contribution >= 4 is 17.4 Å². The molecule has 2 N–H and O–H groups in total. The van der Waals surface area contributed by atoms with Gasteiger partial charge in [0.1, 0.15) is 29.1 Å². The van der Waals surface area contributed by atoms with E-state index < -0.39 is 11.9 Å². The fourth-order valence-electron chi connectivity index (χ4n) is 3.83. The van der Waals surface area contributed by atoms with Gasteiger partial charge in [-0.2, -0.15) is 5.10 Å². The number of benzene rings is 1. The van der Waals surface area contributed by atoms with Gasteiger partial charge in [0.15, 0.2) is 5.65 Å². The number of amides is 1. The molecular formula is C23H20F2N6O2. The number of nitrogens with zero attached hydrogens (tertiary/aromatic N) is 4. The molecule has 4 aromatic rings. The van der Waals surface area contributed by atoms with E-state index in [4.69, 9.17) is 4.74 Å². The van der Waals surface area contributed by atoms with Crippen molar-refractivity contribution in [2.75, 3.05) is 11.9 Å². The lowest BCUT2D eigenvalue weighted by Gasteiger charge is -2.18. The summed E-state index contributed by atoms with van der Waals surface area (Å²) in [6.07, 6.45) is 2.13. The van der Waals surface area contributed by atoms with Gasteiger partial charge in [-0.1, -0.05) is 12.1 Å². The van der Waals surface area contributed by atoms with Gasteiger partial charge in [0.05, 0.1) is 24.6 Å². The van der Waals surface area contributed by atoms with Crippen molar-refractivity contribution < 1.29 is 18.3 Å². The highest BCUT2D eigenvalue weighted by atomic mass is 19.1. The van der Waals surface area contributed by atoms with Gasteiger partial charge < -0.3 is 15.4 Å². The van der Waals surface area contributed by atoms with Crippen LogP contribution in [0.4, 0.5) is 14.6 Å². The lowest BCUT2D eigenvalue weighted by molar-refractivity contribution is 0.0932. The minimum absolute atomic E-state index is 0.161. The number of carbonyl (C=O) groups excluding carboxylic acids is 1. The molecule has 0 aliphatic carbocycles. The number of nitrogens with one attached hydrogen (secondary N) is 2. The minimum atomic E-state index is -0.499. The molecule has 1 aromatic carbocycles. The van der Waals surface area contributed by atoms with E-state index in [1.54, 1.807) is 23.6 Å². The van der Waals surface area contributed by atoms with Gasteiger partial charge in [0, 0.05) is 17.7 Å². The summed E-state index contributed by atoms with van der Waals surface area (Å²) < 4.78 is 35.0. The minimum Gasteiger partial charge on any atom is -0.473 e. The molecule has 10 heteroatoms. The van der Waals surface area contributed by atoms with E-state index in [2.05, 4.69) is 25.7 Å². The van der Waals surface area contributed by atoms with Crippen LogP contribution >= 0.6 is 0 Å². The number of hydrogen-bond acceptors (Lipinski definition) is 6. The van der Waals surface area contributed by atoms with Crippen molar-refractivity contribution in [3.05, 3.63) is 71.2 Å². The van der Waals surface area contributed by atoms with E-state index in [0.29, 0.717) is 39.4 Å². The van der Waals surface area contributed by atoms with Crippen molar-refractivity contribution in [1.29, 1.82) is 0 Å². The third-order valence-electron chi connectivity index (χ3n) is 5.46. The zero-order valence-electron chi connectivity index (χ0n) is 17.9. The summed E-state index contributed by atoms with van der Waals surface area (Å²) >= 11 is 0. The van der Waals surface area contributed by atoms with E-state index in [9.17, 15) is 13.6 Å². The van der Waals surface area contributed by atoms with Crippen LogP contribution in [-0.4, -0.2) is 38.1 Å². The number of anilines is 1. The first-order chi connectivity index (χ1) is 15.9. The summed E-state index contributed by atoms with van der Waals surface area (Å²) in [5.74, 6) is -0.518. The van der Waals surface area contributed by atoms with Crippen molar-refractivity contribution in [1.82, 2.24) is 24.9 Å². The summed E-state index contributed by atoms with van der Waals surface area (Å²) in [6.45, 7) is 3.99. The second-order valence-corrected chi connectivity index (χ2v) is 7.83. The zero-order valence-corrected chi connectivity index (χ0v) is 17.9. The van der Waals surface area contributed by atoms with Crippen LogP contribution in [0, 0.1) is 18.6 Å². The summed E-state index contributed by atoms with van der Waals surface area (Å²) in [5, 5.41) is 10.4. The molecule has 33 heavy (non-hydrogen) atoms. The molecule has 5 rings (SSSR count). The Morgan fingerprint density at radius 1 is 1.12 bits per heavy atom.